The van der Waals surface area contributed by atoms with Crippen molar-refractivity contribution in [1.82, 2.24) is 4.72 Å². The van der Waals surface area contributed by atoms with Crippen LogP contribution >= 0.6 is 0 Å². The second kappa shape index (κ2) is 4.12. The van der Waals surface area contributed by atoms with Gasteiger partial charge in [0.25, 0.3) is 0 Å². The highest BCUT2D eigenvalue weighted by atomic mass is 32.2. The van der Waals surface area contributed by atoms with E-state index in [4.69, 9.17) is 4.74 Å². The SMILES string of the molecule is COC1(NS(C)(=O)=O)C(C)=CC(=O)C=C1C. The van der Waals surface area contributed by atoms with Crippen LogP contribution in [0.4, 0.5) is 0 Å². The lowest BCUT2D eigenvalue weighted by atomic mass is 9.90. The summed E-state index contributed by atoms with van der Waals surface area (Å²) in [5.41, 5.74) is -0.197. The minimum atomic E-state index is -3.45. The van der Waals surface area contributed by atoms with Crippen molar-refractivity contribution in [2.75, 3.05) is 13.4 Å². The van der Waals surface area contributed by atoms with Crippen LogP contribution in [-0.2, 0) is 19.6 Å². The van der Waals surface area contributed by atoms with E-state index in [0.717, 1.165) is 6.26 Å². The van der Waals surface area contributed by atoms with Crippen LogP contribution in [0.1, 0.15) is 13.8 Å². The summed E-state index contributed by atoms with van der Waals surface area (Å²) in [5, 5.41) is 0. The van der Waals surface area contributed by atoms with E-state index in [-0.39, 0.29) is 5.78 Å². The molecule has 0 spiro atoms. The number of allylic oxidation sites excluding steroid dienone is 2. The lowest BCUT2D eigenvalue weighted by Gasteiger charge is -2.36. The highest BCUT2D eigenvalue weighted by molar-refractivity contribution is 7.88. The molecule has 0 aromatic carbocycles. The minimum Gasteiger partial charge on any atom is -0.355 e. The summed E-state index contributed by atoms with van der Waals surface area (Å²) >= 11 is 0. The Labute approximate surface area is 95.2 Å². The Morgan fingerprint density at radius 1 is 1.25 bits per heavy atom. The van der Waals surface area contributed by atoms with Crippen LogP contribution in [0.3, 0.4) is 0 Å². The molecule has 1 aliphatic rings. The second-order valence-corrected chi connectivity index (χ2v) is 5.57. The van der Waals surface area contributed by atoms with Crippen LogP contribution < -0.4 is 4.72 Å². The van der Waals surface area contributed by atoms with Gasteiger partial charge in [0.2, 0.25) is 10.0 Å². The van der Waals surface area contributed by atoms with Crippen molar-refractivity contribution in [3.8, 4) is 0 Å². The zero-order chi connectivity index (χ0) is 12.6. The highest BCUT2D eigenvalue weighted by Crippen LogP contribution is 2.30. The molecule has 0 unspecified atom stereocenters. The Kier molecular flexibility index (Phi) is 3.37. The number of ether oxygens (including phenoxy) is 1. The summed E-state index contributed by atoms with van der Waals surface area (Å²) in [6.45, 7) is 3.30. The van der Waals surface area contributed by atoms with Gasteiger partial charge in [0, 0.05) is 7.11 Å². The predicted octanol–water partition coefficient (Wildman–Crippen LogP) is 0.354. The number of ketones is 1. The molecule has 5 nitrogen and oxygen atoms in total. The van der Waals surface area contributed by atoms with Gasteiger partial charge in [-0.25, -0.2) is 8.42 Å². The average Bonchev–Trinajstić information content (AvgIpc) is 2.09. The number of methoxy groups -OCH3 is 1. The van der Waals surface area contributed by atoms with Gasteiger partial charge in [-0.15, -0.1) is 0 Å². The third-order valence-electron chi connectivity index (χ3n) is 2.46. The number of rotatable bonds is 3. The summed E-state index contributed by atoms with van der Waals surface area (Å²) in [4.78, 5) is 11.3. The third kappa shape index (κ3) is 2.40. The van der Waals surface area contributed by atoms with Gasteiger partial charge in [0.1, 0.15) is 0 Å². The van der Waals surface area contributed by atoms with E-state index < -0.39 is 15.7 Å². The minimum absolute atomic E-state index is 0.169. The molecule has 0 aromatic rings. The Balaban J connectivity index is 3.28. The van der Waals surface area contributed by atoms with Crippen LogP contribution in [0.2, 0.25) is 0 Å². The van der Waals surface area contributed by atoms with E-state index in [1.807, 2.05) is 0 Å². The molecule has 0 aromatic heterocycles. The topological polar surface area (TPSA) is 72.5 Å². The fraction of sp³-hybridized carbons (Fsp3) is 0.500. The molecule has 0 heterocycles. The molecule has 16 heavy (non-hydrogen) atoms. The third-order valence-corrected chi connectivity index (χ3v) is 3.12. The van der Waals surface area contributed by atoms with E-state index in [0.29, 0.717) is 11.1 Å². The number of sulfonamides is 1. The molecule has 0 saturated carbocycles. The molecule has 1 aliphatic carbocycles. The van der Waals surface area contributed by atoms with Gasteiger partial charge in [0.15, 0.2) is 11.5 Å². The van der Waals surface area contributed by atoms with Gasteiger partial charge in [-0.1, -0.05) is 0 Å². The highest BCUT2D eigenvalue weighted by Gasteiger charge is 2.39. The van der Waals surface area contributed by atoms with E-state index in [2.05, 4.69) is 4.72 Å². The average molecular weight is 245 g/mol. The molecular formula is C10H15NO4S. The van der Waals surface area contributed by atoms with Crippen LogP contribution in [0, 0.1) is 0 Å². The van der Waals surface area contributed by atoms with Crippen molar-refractivity contribution in [2.45, 2.75) is 19.6 Å². The first-order valence-corrected chi connectivity index (χ1v) is 6.56. The largest absolute Gasteiger partial charge is 0.355 e. The number of hydrogen-bond donors (Lipinski definition) is 1. The molecule has 0 amide bonds. The summed E-state index contributed by atoms with van der Waals surface area (Å²) in [7, 11) is -2.05. The molecule has 0 aliphatic heterocycles. The van der Waals surface area contributed by atoms with Crippen molar-refractivity contribution < 1.29 is 17.9 Å². The van der Waals surface area contributed by atoms with Crippen LogP contribution in [0.15, 0.2) is 23.3 Å². The van der Waals surface area contributed by atoms with Gasteiger partial charge in [-0.3, -0.25) is 4.79 Å². The standard InChI is InChI=1S/C10H15NO4S/c1-7-5-9(12)6-8(2)10(7,15-3)11-16(4,13)14/h5-6,11H,1-4H3. The molecular weight excluding hydrogens is 230 g/mol. The Hall–Kier alpha value is -0.980. The van der Waals surface area contributed by atoms with E-state index >= 15 is 0 Å². The lowest BCUT2D eigenvalue weighted by molar-refractivity contribution is -0.111. The maximum Gasteiger partial charge on any atom is 0.211 e. The zero-order valence-corrected chi connectivity index (χ0v) is 10.5. The molecule has 0 saturated heterocycles. The van der Waals surface area contributed by atoms with Crippen LogP contribution in [0.25, 0.3) is 0 Å². The van der Waals surface area contributed by atoms with Crippen molar-refractivity contribution in [2.24, 2.45) is 0 Å². The molecule has 0 bridgehead atoms. The second-order valence-electron chi connectivity index (χ2n) is 3.82. The Morgan fingerprint density at radius 2 is 1.69 bits per heavy atom. The molecule has 0 radical (unpaired) electrons. The number of carbonyl (C=O) groups excluding carboxylic acids is 1. The number of carbonyl (C=O) groups is 1. The lowest BCUT2D eigenvalue weighted by Crippen LogP contribution is -2.52. The van der Waals surface area contributed by atoms with Gasteiger partial charge < -0.3 is 4.74 Å². The molecule has 6 heteroatoms. The molecule has 0 fully saturated rings. The Morgan fingerprint density at radius 3 is 2.00 bits per heavy atom. The quantitative estimate of drug-likeness (QED) is 0.728. The zero-order valence-electron chi connectivity index (χ0n) is 9.70. The molecule has 1 N–H and O–H groups in total. The normalized spacial score (nSPS) is 20.4. The van der Waals surface area contributed by atoms with Crippen molar-refractivity contribution >= 4 is 15.8 Å². The predicted molar refractivity (Wildman–Crippen MR) is 60.2 cm³/mol. The van der Waals surface area contributed by atoms with Crippen LogP contribution in [-0.4, -0.2) is 33.3 Å². The number of nitrogens with one attached hydrogen (secondary N) is 1. The van der Waals surface area contributed by atoms with Gasteiger partial charge in [-0.2, -0.15) is 4.72 Å². The first-order chi connectivity index (χ1) is 7.21. The number of hydrogen-bond acceptors (Lipinski definition) is 4. The smallest absolute Gasteiger partial charge is 0.211 e. The maximum absolute atomic E-state index is 11.3. The van der Waals surface area contributed by atoms with Gasteiger partial charge in [0.05, 0.1) is 6.26 Å². The van der Waals surface area contributed by atoms with E-state index in [9.17, 15) is 13.2 Å². The Bertz CT molecular complexity index is 451. The van der Waals surface area contributed by atoms with Gasteiger partial charge >= 0.3 is 0 Å². The van der Waals surface area contributed by atoms with Crippen LogP contribution in [0.5, 0.6) is 0 Å². The summed E-state index contributed by atoms with van der Waals surface area (Å²) < 4.78 is 30.3. The summed E-state index contributed by atoms with van der Waals surface area (Å²) in [6, 6.07) is 0. The first kappa shape index (κ1) is 13.1. The molecule has 1 rings (SSSR count). The van der Waals surface area contributed by atoms with Crippen molar-refractivity contribution in [3.63, 3.8) is 0 Å². The van der Waals surface area contributed by atoms with Crippen molar-refractivity contribution in [1.29, 1.82) is 0 Å². The summed E-state index contributed by atoms with van der Waals surface area (Å²) in [6.07, 6.45) is 3.76. The molecule has 90 valence electrons. The first-order valence-electron chi connectivity index (χ1n) is 4.67. The fourth-order valence-electron chi connectivity index (χ4n) is 1.77. The fourth-order valence-corrected chi connectivity index (χ4v) is 2.70. The molecule has 0 atom stereocenters. The van der Waals surface area contributed by atoms with Crippen molar-refractivity contribution in [3.05, 3.63) is 23.3 Å². The maximum atomic E-state index is 11.3. The summed E-state index contributed by atoms with van der Waals surface area (Å²) in [5.74, 6) is -0.169. The monoisotopic (exact) mass is 245 g/mol. The van der Waals surface area contributed by atoms with E-state index in [1.54, 1.807) is 13.8 Å². The van der Waals surface area contributed by atoms with E-state index in [1.165, 1.54) is 19.3 Å². The van der Waals surface area contributed by atoms with Gasteiger partial charge in [-0.05, 0) is 37.1 Å².